The van der Waals surface area contributed by atoms with E-state index in [2.05, 4.69) is 0 Å². The Hall–Kier alpha value is -8.94. The highest BCUT2D eigenvalue weighted by Crippen LogP contribution is 2.53. The number of thiophene rings is 2. The number of nitrogens with zero attached hydrogens (tertiary/aromatic N) is 4. The molecule has 17 aromatic rings. The van der Waals surface area contributed by atoms with Crippen LogP contribution in [-0.4, -0.2) is 8.80 Å². The quantitative estimate of drug-likeness (QED) is 0.165. The average molecular weight is 965 g/mol. The van der Waals surface area contributed by atoms with Gasteiger partial charge in [-0.3, -0.25) is 0 Å². The third kappa shape index (κ3) is 5.04. The molecule has 17 rings (SSSR count). The summed E-state index contributed by atoms with van der Waals surface area (Å²) >= 11 is 3.11. The Kier molecular flexibility index (Phi) is 5.58. The van der Waals surface area contributed by atoms with E-state index < -0.39 is 48.3 Å². The van der Waals surface area contributed by atoms with Gasteiger partial charge in [-0.25, -0.2) is 0 Å². The van der Waals surface area contributed by atoms with Gasteiger partial charge in [0, 0.05) is 85.4 Å². The van der Waals surface area contributed by atoms with Crippen LogP contribution < -0.4 is 9.80 Å². The zero-order valence-electron chi connectivity index (χ0n) is 51.5. The monoisotopic (exact) mass is 964 g/mol. The summed E-state index contributed by atoms with van der Waals surface area (Å²) in [5.41, 5.74) is 2.84. The summed E-state index contributed by atoms with van der Waals surface area (Å²) in [7, 11) is 0. The number of rotatable bonds is 6. The first kappa shape index (κ1) is 28.0. The highest BCUT2D eigenvalue weighted by Gasteiger charge is 2.29. The fourth-order valence-electron chi connectivity index (χ4n) is 11.5. The maximum atomic E-state index is 10.7. The van der Waals surface area contributed by atoms with Crippen LogP contribution in [0, 0.1) is 0 Å². The van der Waals surface area contributed by atoms with E-state index in [0.29, 0.717) is 22.7 Å². The third-order valence-electron chi connectivity index (χ3n) is 14.4. The van der Waals surface area contributed by atoms with Gasteiger partial charge in [0.2, 0.25) is 0 Å². The molecule has 0 unspecified atom stereocenters. The lowest BCUT2D eigenvalue weighted by Crippen LogP contribution is -2.10. The van der Waals surface area contributed by atoms with E-state index in [1.807, 2.05) is 155 Å². The van der Waals surface area contributed by atoms with Gasteiger partial charge in [-0.05, 0) is 84.8 Å². The Morgan fingerprint density at radius 3 is 1.21 bits per heavy atom. The molecule has 4 nitrogen and oxygen atoms in total. The van der Waals surface area contributed by atoms with Gasteiger partial charge in [0.15, 0.2) is 0 Å². The topological polar surface area (TPSA) is 15.3 Å². The van der Waals surface area contributed by atoms with Crippen LogP contribution in [0.2, 0.25) is 0 Å². The maximum Gasteiger partial charge on any atom is 0.0653 e. The number of benzene rings is 11. The first-order valence-corrected chi connectivity index (χ1v) is 25.1. The minimum Gasteiger partial charge on any atom is -0.308 e. The van der Waals surface area contributed by atoms with E-state index in [4.69, 9.17) is 2.74 Å². The van der Waals surface area contributed by atoms with Crippen LogP contribution in [0.4, 0.5) is 34.1 Å². The van der Waals surface area contributed by atoms with E-state index in [1.54, 1.807) is 22.7 Å². The lowest BCUT2D eigenvalue weighted by Gasteiger charge is -2.27. The molecular formula is C66H38N4S2. The first-order chi connectivity index (χ1) is 41.6. The molecule has 0 saturated carbocycles. The molecule has 0 spiro atoms. The normalized spacial score (nSPS) is 15.2. The summed E-state index contributed by atoms with van der Waals surface area (Å²) in [6.07, 6.45) is 0. The molecule has 0 aliphatic rings. The van der Waals surface area contributed by atoms with Crippen molar-refractivity contribution in [3.63, 3.8) is 0 Å². The molecule has 72 heavy (non-hydrogen) atoms. The number of anilines is 6. The van der Waals surface area contributed by atoms with Gasteiger partial charge in [-0.2, -0.15) is 0 Å². The molecule has 0 aliphatic heterocycles. The van der Waals surface area contributed by atoms with Crippen LogP contribution in [0.1, 0.15) is 19.2 Å². The molecule has 0 fully saturated rings. The van der Waals surface area contributed by atoms with Crippen molar-refractivity contribution in [1.29, 1.82) is 0 Å². The van der Waals surface area contributed by atoms with E-state index in [0.717, 1.165) is 40.3 Å². The second-order valence-electron chi connectivity index (χ2n) is 18.1. The van der Waals surface area contributed by atoms with Crippen molar-refractivity contribution in [1.82, 2.24) is 8.80 Å². The minimum absolute atomic E-state index is 0.0106. The van der Waals surface area contributed by atoms with Crippen molar-refractivity contribution in [2.45, 2.75) is 0 Å². The summed E-state index contributed by atoms with van der Waals surface area (Å²) in [5.74, 6) is 0. The Bertz CT molecular complexity index is 5560. The van der Waals surface area contributed by atoms with Crippen molar-refractivity contribution >= 4 is 173 Å². The van der Waals surface area contributed by atoms with Crippen LogP contribution in [0.15, 0.2) is 230 Å². The highest BCUT2D eigenvalue weighted by atomic mass is 32.1. The predicted octanol–water partition coefficient (Wildman–Crippen LogP) is 19.7. The van der Waals surface area contributed by atoms with Gasteiger partial charge in [-0.15, -0.1) is 22.7 Å². The molecule has 0 radical (unpaired) electrons. The molecule has 0 saturated heterocycles. The SMILES string of the molecule is [2H]c1c([2H])c([2H])c2c(c1[2H])c1c(N(c3ccccc3)c3cccc4c3sc3ccccc34)c([2H])c([2H])c3c4c([2H])c5c(c([2H])c4n2c31)c1c([2H])c([2H])c(N(c2ccccc2)c2cccc3c2sc2ccccc23)c2c3c([2H])c([2H])c([2H])c([2H])c3n5c12. The molecular weight excluding hydrogens is 913 g/mol. The number of aromatic nitrogens is 2. The Morgan fingerprint density at radius 1 is 0.319 bits per heavy atom. The molecule has 0 N–H and O–H groups in total. The Balaban J connectivity index is 1.08. The van der Waals surface area contributed by atoms with Crippen LogP contribution >= 0.6 is 22.7 Å². The van der Waals surface area contributed by atoms with Crippen molar-refractivity contribution in [3.05, 3.63) is 230 Å². The van der Waals surface area contributed by atoms with Crippen LogP contribution in [0.3, 0.4) is 0 Å². The van der Waals surface area contributed by atoms with Crippen molar-refractivity contribution in [2.75, 3.05) is 9.80 Å². The summed E-state index contributed by atoms with van der Waals surface area (Å²) in [5, 5.41) is 4.31. The molecule has 0 bridgehead atoms. The lowest BCUT2D eigenvalue weighted by atomic mass is 10.0. The third-order valence-corrected chi connectivity index (χ3v) is 16.8. The summed E-state index contributed by atoms with van der Waals surface area (Å²) in [6.45, 7) is 0. The van der Waals surface area contributed by atoms with E-state index >= 15 is 0 Å². The van der Waals surface area contributed by atoms with Crippen molar-refractivity contribution < 1.29 is 19.2 Å². The van der Waals surface area contributed by atoms with E-state index in [1.165, 1.54) is 8.80 Å². The van der Waals surface area contributed by atoms with Crippen LogP contribution in [-0.2, 0) is 0 Å². The molecule has 334 valence electrons. The maximum absolute atomic E-state index is 10.7. The van der Waals surface area contributed by atoms with Gasteiger partial charge >= 0.3 is 0 Å². The van der Waals surface area contributed by atoms with Gasteiger partial charge in [0.25, 0.3) is 0 Å². The van der Waals surface area contributed by atoms with Crippen molar-refractivity contribution in [2.24, 2.45) is 0 Å². The second kappa shape index (κ2) is 14.3. The molecule has 0 amide bonds. The zero-order valence-corrected chi connectivity index (χ0v) is 39.1. The number of hydrogen-bond donors (Lipinski definition) is 0. The predicted molar refractivity (Wildman–Crippen MR) is 311 cm³/mol. The minimum atomic E-state index is -0.570. The van der Waals surface area contributed by atoms with E-state index in [9.17, 15) is 16.4 Å². The summed E-state index contributed by atoms with van der Waals surface area (Å²) < 4.78 is 145. The van der Waals surface area contributed by atoms with Crippen molar-refractivity contribution in [3.8, 4) is 0 Å². The zero-order chi connectivity index (χ0) is 58.9. The van der Waals surface area contributed by atoms with Crippen LogP contribution in [0.5, 0.6) is 0 Å². The molecule has 6 aromatic heterocycles. The van der Waals surface area contributed by atoms with Crippen LogP contribution in [0.25, 0.3) is 117 Å². The first-order valence-electron chi connectivity index (χ1n) is 30.5. The largest absolute Gasteiger partial charge is 0.308 e. The van der Waals surface area contributed by atoms with Gasteiger partial charge < -0.3 is 18.6 Å². The second-order valence-corrected chi connectivity index (χ2v) is 20.2. The number of para-hydroxylation sites is 4. The molecule has 6 heteroatoms. The lowest BCUT2D eigenvalue weighted by molar-refractivity contribution is 1.32. The fourth-order valence-corrected chi connectivity index (χ4v) is 13.9. The summed E-state index contributed by atoms with van der Waals surface area (Å²) in [6, 6.07) is 40.4. The van der Waals surface area contributed by atoms with E-state index in [-0.39, 0.29) is 124 Å². The van der Waals surface area contributed by atoms with Gasteiger partial charge in [0.05, 0.1) is 84.4 Å². The Labute approximate surface area is 439 Å². The molecule has 0 aliphatic carbocycles. The van der Waals surface area contributed by atoms with Gasteiger partial charge in [0.1, 0.15) is 0 Å². The molecule has 6 heterocycles. The number of hydrogen-bond acceptors (Lipinski definition) is 4. The Morgan fingerprint density at radius 2 is 0.736 bits per heavy atom. The molecule has 11 aromatic carbocycles. The smallest absolute Gasteiger partial charge is 0.0653 e. The average Bonchev–Trinajstić information content (AvgIpc) is 1.49. The number of fused-ring (bicyclic) bond motifs is 18. The molecule has 0 atom stereocenters. The standard InChI is InChI=1S/C66H38N4S2/c1-3-17-39(18-4-1)67(55-29-15-25-45-41-21-9-13-31-59(41)71-65(45)55)53-35-33-43-49-37-58-50(38-57(49)69-51-27-11-7-23-47(51)61(53)63(43)69)44-34-36-54(62-48-24-8-12-28-52(48)70(58)64(44)62)68(40-19-5-2-6-20-40)56-30-16-26-46-42-22-10-14-32-60(42)72-66(46)56/h1-38H/i7D,8D,11D,12D,23D,24D,27D,28D,33D,34D,35D,36D,37D,38D. The highest BCUT2D eigenvalue weighted by molar-refractivity contribution is 7.26. The summed E-state index contributed by atoms with van der Waals surface area (Å²) in [4.78, 5) is 3.72. The van der Waals surface area contributed by atoms with Gasteiger partial charge in [-0.1, -0.05) is 145 Å². The fraction of sp³-hybridized carbons (Fsp3) is 0.